The molecule has 0 saturated carbocycles. The molecule has 1 aliphatic rings. The average molecular weight is 358 g/mol. The van der Waals surface area contributed by atoms with Gasteiger partial charge in [-0.3, -0.25) is 0 Å². The van der Waals surface area contributed by atoms with Crippen LogP contribution < -0.4 is 10.1 Å². The average Bonchev–Trinajstić information content (AvgIpc) is 2.49. The Morgan fingerprint density at radius 1 is 1.12 bits per heavy atom. The van der Waals surface area contributed by atoms with Gasteiger partial charge >= 0.3 is 0 Å². The smallest absolute Gasteiger partial charge is 0.190 e. The highest BCUT2D eigenvalue weighted by atomic mass is 35.5. The first-order chi connectivity index (χ1) is 11.0. The first-order valence-electron chi connectivity index (χ1n) is 7.29. The molecule has 0 unspecified atom stereocenters. The zero-order valence-corrected chi connectivity index (χ0v) is 13.8. The van der Waals surface area contributed by atoms with E-state index in [1.807, 2.05) is 0 Å². The van der Waals surface area contributed by atoms with E-state index in [9.17, 15) is 19.0 Å². The van der Waals surface area contributed by atoms with Crippen molar-refractivity contribution in [3.63, 3.8) is 0 Å². The molecule has 1 heterocycles. The van der Waals surface area contributed by atoms with Crippen molar-refractivity contribution in [1.29, 1.82) is 0 Å². The molecule has 2 aromatic carbocycles. The van der Waals surface area contributed by atoms with Crippen LogP contribution in [-0.4, -0.2) is 23.9 Å². The lowest BCUT2D eigenvalue weighted by molar-refractivity contribution is 0.358. The van der Waals surface area contributed by atoms with E-state index in [0.717, 1.165) is 11.1 Å². The van der Waals surface area contributed by atoms with Gasteiger partial charge in [0, 0.05) is 6.04 Å². The van der Waals surface area contributed by atoms with Gasteiger partial charge in [0.2, 0.25) is 0 Å². The third-order valence-corrected chi connectivity index (χ3v) is 4.10. The molecule has 0 saturated heterocycles. The maximum atomic E-state index is 13.8. The van der Waals surface area contributed by atoms with E-state index in [1.54, 1.807) is 0 Å². The molecule has 1 atom stereocenters. The van der Waals surface area contributed by atoms with Crippen LogP contribution in [0.15, 0.2) is 24.3 Å². The maximum Gasteiger partial charge on any atom is 0.190 e. The molecule has 24 heavy (non-hydrogen) atoms. The van der Waals surface area contributed by atoms with Crippen molar-refractivity contribution in [1.82, 2.24) is 5.32 Å². The molecular weight excluding hydrogens is 340 g/mol. The van der Waals surface area contributed by atoms with Crippen LogP contribution in [0, 0.1) is 11.6 Å². The molecule has 0 amide bonds. The number of phenolic OH excluding ortho intramolecular Hbond substituents is 2. The molecule has 0 aliphatic carbocycles. The molecule has 0 fully saturated rings. The summed E-state index contributed by atoms with van der Waals surface area (Å²) in [5.41, 5.74) is 2.22. The van der Waals surface area contributed by atoms with Crippen LogP contribution in [0.25, 0.3) is 0 Å². The summed E-state index contributed by atoms with van der Waals surface area (Å²) in [7, 11) is 1.22. The van der Waals surface area contributed by atoms with Crippen LogP contribution in [0.4, 0.5) is 8.78 Å². The molecule has 1 aliphatic heterocycles. The molecule has 3 rings (SSSR count). The van der Waals surface area contributed by atoms with Crippen LogP contribution in [0.2, 0.25) is 0 Å². The van der Waals surface area contributed by atoms with Crippen LogP contribution in [0.1, 0.15) is 22.7 Å². The minimum absolute atomic E-state index is 0. The summed E-state index contributed by atoms with van der Waals surface area (Å²) in [5, 5.41) is 22.6. The van der Waals surface area contributed by atoms with E-state index in [2.05, 4.69) is 10.1 Å². The predicted octanol–water partition coefficient (Wildman–Crippen LogP) is 3.24. The summed E-state index contributed by atoms with van der Waals surface area (Å²) in [4.78, 5) is 0. The van der Waals surface area contributed by atoms with Crippen molar-refractivity contribution in [2.24, 2.45) is 0 Å². The first kappa shape index (κ1) is 18.3. The Morgan fingerprint density at radius 3 is 2.38 bits per heavy atom. The number of benzene rings is 2. The number of ether oxygens (including phenoxy) is 1. The Hall–Kier alpha value is -2.05. The minimum Gasteiger partial charge on any atom is -0.504 e. The lowest BCUT2D eigenvalue weighted by atomic mass is 9.90. The van der Waals surface area contributed by atoms with Crippen molar-refractivity contribution < 1.29 is 23.7 Å². The summed E-state index contributed by atoms with van der Waals surface area (Å²) in [6.45, 7) is 0.684. The highest BCUT2D eigenvalue weighted by Gasteiger charge is 2.23. The van der Waals surface area contributed by atoms with Crippen LogP contribution in [-0.2, 0) is 12.8 Å². The molecule has 2 aromatic rings. The lowest BCUT2D eigenvalue weighted by Crippen LogP contribution is -2.31. The van der Waals surface area contributed by atoms with Crippen molar-refractivity contribution in [3.8, 4) is 17.2 Å². The number of halogens is 3. The van der Waals surface area contributed by atoms with Gasteiger partial charge in [-0.15, -0.1) is 12.4 Å². The monoisotopic (exact) mass is 357 g/mol. The SMILES string of the molecule is COc1c(F)cc(C[C@@H]2NCCc3cc(O)c(O)cc32)cc1F.Cl. The minimum atomic E-state index is -0.743. The molecule has 0 spiro atoms. The first-order valence-corrected chi connectivity index (χ1v) is 7.29. The second-order valence-electron chi connectivity index (χ2n) is 5.59. The quantitative estimate of drug-likeness (QED) is 0.738. The molecule has 0 aromatic heterocycles. The fraction of sp³-hybridized carbons (Fsp3) is 0.294. The van der Waals surface area contributed by atoms with E-state index in [4.69, 9.17) is 0 Å². The fourth-order valence-electron chi connectivity index (χ4n) is 3.01. The lowest BCUT2D eigenvalue weighted by Gasteiger charge is -2.27. The van der Waals surface area contributed by atoms with Crippen molar-refractivity contribution >= 4 is 12.4 Å². The standard InChI is InChI=1S/C17H17F2NO3.ClH/c1-23-17-12(18)4-9(5-13(17)19)6-14-11-8-16(22)15(21)7-10(11)2-3-20-14;/h4-5,7-8,14,20-22H,2-3,6H2,1H3;1H/t14-;/m0./s1. The predicted molar refractivity (Wildman–Crippen MR) is 88.1 cm³/mol. The van der Waals surface area contributed by atoms with Gasteiger partial charge in [-0.2, -0.15) is 0 Å². The van der Waals surface area contributed by atoms with Crippen LogP contribution >= 0.6 is 12.4 Å². The van der Waals surface area contributed by atoms with Gasteiger partial charge in [0.1, 0.15) is 0 Å². The maximum absolute atomic E-state index is 13.8. The molecule has 3 N–H and O–H groups in total. The number of nitrogens with one attached hydrogen (secondary N) is 1. The number of hydrogen-bond acceptors (Lipinski definition) is 4. The summed E-state index contributed by atoms with van der Waals surface area (Å²) in [5.74, 6) is -2.25. The largest absolute Gasteiger partial charge is 0.504 e. The summed E-state index contributed by atoms with van der Waals surface area (Å²) in [6.07, 6.45) is 1.07. The van der Waals surface area contributed by atoms with Gasteiger partial charge in [-0.1, -0.05) is 0 Å². The summed E-state index contributed by atoms with van der Waals surface area (Å²) >= 11 is 0. The Balaban J connectivity index is 0.00000208. The second-order valence-corrected chi connectivity index (χ2v) is 5.59. The fourth-order valence-corrected chi connectivity index (χ4v) is 3.01. The van der Waals surface area contributed by atoms with Gasteiger partial charge in [0.15, 0.2) is 28.9 Å². The Bertz CT molecular complexity index is 732. The Labute approximate surface area is 144 Å². The third kappa shape index (κ3) is 3.39. The number of aromatic hydroxyl groups is 2. The van der Waals surface area contributed by atoms with E-state index in [-0.39, 0.29) is 29.9 Å². The van der Waals surface area contributed by atoms with E-state index < -0.39 is 17.4 Å². The molecule has 0 bridgehead atoms. The zero-order valence-electron chi connectivity index (χ0n) is 13.0. The number of hydrogen-bond donors (Lipinski definition) is 3. The van der Waals surface area contributed by atoms with Crippen LogP contribution in [0.3, 0.4) is 0 Å². The molecule has 7 heteroatoms. The number of rotatable bonds is 3. The molecule has 4 nitrogen and oxygen atoms in total. The van der Waals surface area contributed by atoms with Crippen molar-refractivity contribution in [2.45, 2.75) is 18.9 Å². The summed E-state index contributed by atoms with van der Waals surface area (Å²) < 4.78 is 32.3. The van der Waals surface area contributed by atoms with Crippen molar-refractivity contribution in [2.75, 3.05) is 13.7 Å². The molecular formula is C17H18ClF2NO3. The van der Waals surface area contributed by atoms with Gasteiger partial charge in [-0.05, 0) is 60.3 Å². The van der Waals surface area contributed by atoms with E-state index >= 15 is 0 Å². The molecule has 0 radical (unpaired) electrons. The van der Waals surface area contributed by atoms with E-state index in [0.29, 0.717) is 24.9 Å². The van der Waals surface area contributed by atoms with Gasteiger partial charge in [-0.25, -0.2) is 8.78 Å². The topological polar surface area (TPSA) is 61.7 Å². The highest BCUT2D eigenvalue weighted by Crippen LogP contribution is 2.35. The second kappa shape index (κ2) is 7.23. The Kier molecular flexibility index (Phi) is 5.51. The summed E-state index contributed by atoms with van der Waals surface area (Å²) in [6, 6.07) is 5.33. The number of methoxy groups -OCH3 is 1. The van der Waals surface area contributed by atoms with Gasteiger partial charge < -0.3 is 20.3 Å². The zero-order chi connectivity index (χ0) is 16.6. The van der Waals surface area contributed by atoms with E-state index in [1.165, 1.54) is 31.4 Å². The number of phenols is 2. The molecule has 130 valence electrons. The Morgan fingerprint density at radius 2 is 1.75 bits per heavy atom. The third-order valence-electron chi connectivity index (χ3n) is 4.10. The normalized spacial score (nSPS) is 16.2. The van der Waals surface area contributed by atoms with Gasteiger partial charge in [0.25, 0.3) is 0 Å². The number of fused-ring (bicyclic) bond motifs is 1. The van der Waals surface area contributed by atoms with Crippen molar-refractivity contribution in [3.05, 3.63) is 52.6 Å². The van der Waals surface area contributed by atoms with Crippen LogP contribution in [0.5, 0.6) is 17.2 Å². The highest BCUT2D eigenvalue weighted by molar-refractivity contribution is 5.85. The van der Waals surface area contributed by atoms with Gasteiger partial charge in [0.05, 0.1) is 7.11 Å².